The first-order chi connectivity index (χ1) is 14.0. The van der Waals surface area contributed by atoms with Crippen LogP contribution >= 0.6 is 0 Å². The quantitative estimate of drug-likeness (QED) is 0.659. The van der Waals surface area contributed by atoms with Crippen LogP contribution in [0.1, 0.15) is 25.3 Å². The van der Waals surface area contributed by atoms with Crippen LogP contribution in [0.4, 0.5) is 0 Å². The summed E-state index contributed by atoms with van der Waals surface area (Å²) in [5.41, 5.74) is 1.10. The van der Waals surface area contributed by atoms with Crippen molar-refractivity contribution >= 4 is 11.8 Å². The molecule has 0 spiro atoms. The molecule has 0 radical (unpaired) electrons. The van der Waals surface area contributed by atoms with E-state index in [0.717, 1.165) is 57.8 Å². The smallest absolute Gasteiger partial charge is 0.260 e. The van der Waals surface area contributed by atoms with Gasteiger partial charge in [-0.15, -0.1) is 0 Å². The number of morpholine rings is 1. The molecule has 0 saturated carbocycles. The third-order valence-electron chi connectivity index (χ3n) is 5.69. The van der Waals surface area contributed by atoms with Gasteiger partial charge in [-0.3, -0.25) is 14.5 Å². The Morgan fingerprint density at radius 2 is 2.03 bits per heavy atom. The zero-order valence-electron chi connectivity index (χ0n) is 17.6. The van der Waals surface area contributed by atoms with Crippen LogP contribution in [-0.2, 0) is 14.3 Å². The van der Waals surface area contributed by atoms with Crippen LogP contribution in [0.2, 0.25) is 0 Å². The van der Waals surface area contributed by atoms with E-state index in [2.05, 4.69) is 4.90 Å². The molecule has 3 rings (SSSR count). The van der Waals surface area contributed by atoms with Crippen LogP contribution in [-0.4, -0.2) is 91.6 Å². The number of amides is 2. The number of nitrogens with zero attached hydrogens (tertiary/aromatic N) is 3. The molecule has 0 aromatic heterocycles. The number of aryl methyl sites for hydroxylation is 1. The molecule has 29 heavy (non-hydrogen) atoms. The zero-order chi connectivity index (χ0) is 20.6. The van der Waals surface area contributed by atoms with Gasteiger partial charge in [-0.05, 0) is 37.5 Å². The van der Waals surface area contributed by atoms with Gasteiger partial charge in [-0.25, -0.2) is 0 Å². The highest BCUT2D eigenvalue weighted by Gasteiger charge is 2.31. The third-order valence-corrected chi connectivity index (χ3v) is 5.69. The second-order valence-electron chi connectivity index (χ2n) is 7.91. The highest BCUT2D eigenvalue weighted by molar-refractivity contribution is 5.78. The average Bonchev–Trinajstić information content (AvgIpc) is 3.20. The van der Waals surface area contributed by atoms with Gasteiger partial charge in [0.05, 0.1) is 19.3 Å². The molecule has 1 aromatic carbocycles. The summed E-state index contributed by atoms with van der Waals surface area (Å²) in [6, 6.07) is 7.79. The van der Waals surface area contributed by atoms with Crippen molar-refractivity contribution < 1.29 is 19.1 Å². The van der Waals surface area contributed by atoms with Gasteiger partial charge in [0.15, 0.2) is 6.61 Å². The summed E-state index contributed by atoms with van der Waals surface area (Å²) >= 11 is 0. The van der Waals surface area contributed by atoms with Crippen molar-refractivity contribution in [2.75, 3.05) is 59.1 Å². The number of rotatable bonds is 8. The van der Waals surface area contributed by atoms with Crippen molar-refractivity contribution in [3.05, 3.63) is 29.8 Å². The maximum Gasteiger partial charge on any atom is 0.260 e. The third kappa shape index (κ3) is 6.44. The number of carbonyl (C=O) groups is 2. The molecule has 1 atom stereocenters. The molecule has 2 aliphatic rings. The summed E-state index contributed by atoms with van der Waals surface area (Å²) in [5, 5.41) is 0. The fourth-order valence-corrected chi connectivity index (χ4v) is 4.05. The van der Waals surface area contributed by atoms with Crippen molar-refractivity contribution in [2.24, 2.45) is 0 Å². The Morgan fingerprint density at radius 1 is 1.24 bits per heavy atom. The molecule has 1 aromatic rings. The minimum Gasteiger partial charge on any atom is -0.484 e. The van der Waals surface area contributed by atoms with Crippen molar-refractivity contribution in [2.45, 2.75) is 32.7 Å². The summed E-state index contributed by atoms with van der Waals surface area (Å²) in [7, 11) is 0. The zero-order valence-corrected chi connectivity index (χ0v) is 17.6. The minimum absolute atomic E-state index is 0.0224. The Bertz CT molecular complexity index is 690. The molecule has 2 saturated heterocycles. The number of ether oxygens (including phenoxy) is 2. The van der Waals surface area contributed by atoms with Crippen molar-refractivity contribution in [3.63, 3.8) is 0 Å². The molecule has 0 N–H and O–H groups in total. The van der Waals surface area contributed by atoms with Crippen molar-refractivity contribution in [1.29, 1.82) is 0 Å². The van der Waals surface area contributed by atoms with Gasteiger partial charge in [-0.1, -0.05) is 12.1 Å². The minimum atomic E-state index is -0.0224. The van der Waals surface area contributed by atoms with Gasteiger partial charge in [-0.2, -0.15) is 0 Å². The standard InChI is InChI=1S/C22H33N3O4/c1-18-5-3-6-21(15-18)29-17-22(27)24-10-7-20(16-24)25(19(2)26)9-4-8-23-11-13-28-14-12-23/h3,5-6,15,20H,4,7-14,16-17H2,1-2H3/t20-/m0/s1. The van der Waals surface area contributed by atoms with Crippen molar-refractivity contribution in [1.82, 2.24) is 14.7 Å². The summed E-state index contributed by atoms with van der Waals surface area (Å²) < 4.78 is 11.0. The van der Waals surface area contributed by atoms with E-state index in [-0.39, 0.29) is 24.5 Å². The van der Waals surface area contributed by atoms with Crippen LogP contribution < -0.4 is 4.74 Å². The van der Waals surface area contributed by atoms with Gasteiger partial charge in [0.1, 0.15) is 5.75 Å². The summed E-state index contributed by atoms with van der Waals surface area (Å²) in [5.74, 6) is 0.774. The number of carbonyl (C=O) groups excluding carboxylic acids is 2. The Balaban J connectivity index is 1.43. The van der Waals surface area contributed by atoms with Gasteiger partial charge in [0, 0.05) is 46.2 Å². The van der Waals surface area contributed by atoms with E-state index < -0.39 is 0 Å². The number of likely N-dealkylation sites (tertiary alicyclic amines) is 1. The largest absolute Gasteiger partial charge is 0.484 e. The lowest BCUT2D eigenvalue weighted by Gasteiger charge is -2.30. The summed E-state index contributed by atoms with van der Waals surface area (Å²) in [4.78, 5) is 30.9. The normalized spacial score (nSPS) is 19.9. The van der Waals surface area contributed by atoms with E-state index in [9.17, 15) is 9.59 Å². The molecular formula is C22H33N3O4. The van der Waals surface area contributed by atoms with E-state index in [0.29, 0.717) is 18.8 Å². The maximum absolute atomic E-state index is 12.5. The molecule has 0 aliphatic carbocycles. The van der Waals surface area contributed by atoms with Gasteiger partial charge < -0.3 is 19.3 Å². The van der Waals surface area contributed by atoms with E-state index in [1.54, 1.807) is 6.92 Å². The van der Waals surface area contributed by atoms with Crippen LogP contribution in [0.25, 0.3) is 0 Å². The predicted octanol–water partition coefficient (Wildman–Crippen LogP) is 1.55. The Kier molecular flexibility index (Phi) is 7.89. The molecule has 2 aliphatic heterocycles. The SMILES string of the molecule is CC(=O)N(CCCN1CCOCC1)[C@H]1CCN(C(=O)COc2cccc(C)c2)C1. The molecule has 2 heterocycles. The molecule has 2 amide bonds. The fourth-order valence-electron chi connectivity index (χ4n) is 4.05. The molecule has 160 valence electrons. The van der Waals surface area contributed by atoms with Crippen LogP contribution in [0.3, 0.4) is 0 Å². The average molecular weight is 404 g/mol. The second kappa shape index (κ2) is 10.6. The first kappa shape index (κ1) is 21.6. The molecule has 0 unspecified atom stereocenters. The number of hydrogen-bond donors (Lipinski definition) is 0. The predicted molar refractivity (Wildman–Crippen MR) is 111 cm³/mol. The lowest BCUT2D eigenvalue weighted by atomic mass is 10.2. The summed E-state index contributed by atoms with van der Waals surface area (Å²) in [6.07, 6.45) is 1.77. The number of hydrogen-bond acceptors (Lipinski definition) is 5. The first-order valence-corrected chi connectivity index (χ1v) is 10.6. The maximum atomic E-state index is 12.5. The lowest BCUT2D eigenvalue weighted by Crippen LogP contribution is -2.44. The lowest BCUT2D eigenvalue weighted by molar-refractivity contribution is -0.134. The van der Waals surface area contributed by atoms with Crippen LogP contribution in [0.15, 0.2) is 24.3 Å². The molecule has 7 nitrogen and oxygen atoms in total. The fraction of sp³-hybridized carbons (Fsp3) is 0.636. The molecule has 0 bridgehead atoms. The first-order valence-electron chi connectivity index (χ1n) is 10.6. The summed E-state index contributed by atoms with van der Waals surface area (Å²) in [6.45, 7) is 10.1. The highest BCUT2D eigenvalue weighted by Crippen LogP contribution is 2.18. The molecular weight excluding hydrogens is 370 g/mol. The second-order valence-corrected chi connectivity index (χ2v) is 7.91. The van der Waals surface area contributed by atoms with Crippen LogP contribution in [0, 0.1) is 6.92 Å². The van der Waals surface area contributed by atoms with E-state index in [1.165, 1.54) is 0 Å². The van der Waals surface area contributed by atoms with Gasteiger partial charge in [0.25, 0.3) is 5.91 Å². The Hall–Kier alpha value is -2.12. The van der Waals surface area contributed by atoms with E-state index >= 15 is 0 Å². The topological polar surface area (TPSA) is 62.3 Å². The van der Waals surface area contributed by atoms with Crippen LogP contribution in [0.5, 0.6) is 5.75 Å². The highest BCUT2D eigenvalue weighted by atomic mass is 16.5. The van der Waals surface area contributed by atoms with Crippen molar-refractivity contribution in [3.8, 4) is 5.75 Å². The monoisotopic (exact) mass is 403 g/mol. The van der Waals surface area contributed by atoms with Gasteiger partial charge in [0.2, 0.25) is 5.91 Å². The Morgan fingerprint density at radius 3 is 2.76 bits per heavy atom. The van der Waals surface area contributed by atoms with E-state index in [4.69, 9.17) is 9.47 Å². The molecule has 7 heteroatoms. The van der Waals surface area contributed by atoms with E-state index in [1.807, 2.05) is 41.0 Å². The Labute approximate surface area is 173 Å². The number of benzene rings is 1. The van der Waals surface area contributed by atoms with Gasteiger partial charge >= 0.3 is 0 Å². The molecule has 2 fully saturated rings.